The maximum Gasteiger partial charge on any atom is 0.225 e. The minimum atomic E-state index is 0.229. The lowest BCUT2D eigenvalue weighted by atomic mass is 10.3. The number of hydrogen-bond donors (Lipinski definition) is 1. The highest BCUT2D eigenvalue weighted by molar-refractivity contribution is 7.09. The number of aromatic nitrogens is 2. The summed E-state index contributed by atoms with van der Waals surface area (Å²) < 4.78 is 5.08. The third-order valence-electron chi connectivity index (χ3n) is 2.58. The highest BCUT2D eigenvalue weighted by Crippen LogP contribution is 2.18. The molecule has 2 aromatic heterocycles. The predicted octanol–water partition coefficient (Wildman–Crippen LogP) is 1.81. The number of methoxy groups -OCH3 is 1. The van der Waals surface area contributed by atoms with Gasteiger partial charge in [-0.25, -0.2) is 0 Å². The van der Waals surface area contributed by atoms with Gasteiger partial charge in [0.2, 0.25) is 11.8 Å². The summed E-state index contributed by atoms with van der Waals surface area (Å²) in [4.78, 5) is 11.6. The first-order valence-electron chi connectivity index (χ1n) is 5.61. The summed E-state index contributed by atoms with van der Waals surface area (Å²) in [6.07, 6.45) is 0.986. The molecule has 0 radical (unpaired) electrons. The Labute approximate surface area is 110 Å². The van der Waals surface area contributed by atoms with Crippen LogP contribution in [0.25, 0.3) is 0 Å². The Hall–Kier alpha value is -1.82. The van der Waals surface area contributed by atoms with Crippen molar-refractivity contribution < 1.29 is 4.74 Å². The second-order valence-corrected chi connectivity index (χ2v) is 4.91. The fraction of sp³-hybridized carbons (Fsp3) is 0.333. The van der Waals surface area contributed by atoms with Crippen LogP contribution in [0.2, 0.25) is 0 Å². The van der Waals surface area contributed by atoms with Crippen molar-refractivity contribution in [2.45, 2.75) is 6.42 Å². The average Bonchev–Trinajstić information content (AvgIpc) is 2.88. The summed E-state index contributed by atoms with van der Waals surface area (Å²) in [6, 6.07) is 5.98. The van der Waals surface area contributed by atoms with Crippen molar-refractivity contribution in [3.05, 3.63) is 28.5 Å². The van der Waals surface area contributed by atoms with E-state index in [1.807, 2.05) is 11.9 Å². The largest absolute Gasteiger partial charge is 0.481 e. The summed E-state index contributed by atoms with van der Waals surface area (Å²) in [7, 11) is 3.55. The molecule has 2 aromatic rings. The van der Waals surface area contributed by atoms with Gasteiger partial charge in [0.1, 0.15) is 5.82 Å². The zero-order valence-corrected chi connectivity index (χ0v) is 11.3. The fourth-order valence-electron chi connectivity index (χ4n) is 1.58. The molecule has 0 amide bonds. The molecule has 0 atom stereocenters. The van der Waals surface area contributed by atoms with Gasteiger partial charge in [-0.3, -0.25) is 0 Å². The molecule has 0 saturated heterocycles. The molecular formula is C12H16N4OS. The number of nitrogens with two attached hydrogens (primary N) is 1. The lowest BCUT2D eigenvalue weighted by Crippen LogP contribution is -2.21. The lowest BCUT2D eigenvalue weighted by molar-refractivity contribution is 0.397. The Morgan fingerprint density at radius 3 is 2.94 bits per heavy atom. The molecule has 0 fully saturated rings. The minimum Gasteiger partial charge on any atom is -0.481 e. The molecule has 0 saturated carbocycles. The van der Waals surface area contributed by atoms with Crippen molar-refractivity contribution in [3.8, 4) is 5.88 Å². The van der Waals surface area contributed by atoms with Gasteiger partial charge in [-0.15, -0.1) is 11.3 Å². The highest BCUT2D eigenvalue weighted by Gasteiger charge is 2.07. The van der Waals surface area contributed by atoms with Crippen LogP contribution >= 0.6 is 11.3 Å². The first-order chi connectivity index (χ1) is 8.69. The Morgan fingerprint density at radius 2 is 2.28 bits per heavy atom. The van der Waals surface area contributed by atoms with Crippen LogP contribution in [0.3, 0.4) is 0 Å². The zero-order valence-electron chi connectivity index (χ0n) is 10.5. The maximum absolute atomic E-state index is 5.64. The Balaban J connectivity index is 2.03. The monoisotopic (exact) mass is 264 g/mol. The zero-order chi connectivity index (χ0) is 13.0. The standard InChI is InChI=1S/C12H16N4OS/c1-16(6-5-9-4-3-7-18-9)10-8-11(17-2)15-12(13)14-10/h3-4,7-8H,5-6H2,1-2H3,(H2,13,14,15). The molecule has 0 aliphatic heterocycles. The van der Waals surface area contributed by atoms with E-state index in [0.717, 1.165) is 18.8 Å². The molecule has 0 spiro atoms. The van der Waals surface area contributed by atoms with E-state index in [4.69, 9.17) is 10.5 Å². The van der Waals surface area contributed by atoms with Gasteiger partial charge in [0.25, 0.3) is 0 Å². The van der Waals surface area contributed by atoms with E-state index in [9.17, 15) is 0 Å². The first-order valence-corrected chi connectivity index (χ1v) is 6.49. The number of ether oxygens (including phenoxy) is 1. The van der Waals surface area contributed by atoms with Crippen molar-refractivity contribution in [2.75, 3.05) is 31.3 Å². The number of nitrogen functional groups attached to an aromatic ring is 1. The van der Waals surface area contributed by atoms with Crippen LogP contribution < -0.4 is 15.4 Å². The van der Waals surface area contributed by atoms with Crippen molar-refractivity contribution in [2.24, 2.45) is 0 Å². The molecule has 0 aromatic carbocycles. The van der Waals surface area contributed by atoms with E-state index < -0.39 is 0 Å². The number of nitrogens with zero attached hydrogens (tertiary/aromatic N) is 3. The number of rotatable bonds is 5. The van der Waals surface area contributed by atoms with Gasteiger partial charge < -0.3 is 15.4 Å². The third-order valence-corrected chi connectivity index (χ3v) is 3.52. The number of likely N-dealkylation sites (N-methyl/N-ethyl adjacent to an activating group) is 1. The molecule has 5 nitrogen and oxygen atoms in total. The van der Waals surface area contributed by atoms with Gasteiger partial charge in [0.15, 0.2) is 0 Å². The second-order valence-electron chi connectivity index (χ2n) is 3.88. The SMILES string of the molecule is COc1cc(N(C)CCc2cccs2)nc(N)n1. The van der Waals surface area contributed by atoms with Gasteiger partial charge in [-0.2, -0.15) is 9.97 Å². The van der Waals surface area contributed by atoms with Crippen LogP contribution in [0.4, 0.5) is 11.8 Å². The van der Waals surface area contributed by atoms with Crippen LogP contribution in [-0.2, 0) is 6.42 Å². The van der Waals surface area contributed by atoms with Crippen molar-refractivity contribution >= 4 is 23.1 Å². The van der Waals surface area contributed by atoms with E-state index >= 15 is 0 Å². The average molecular weight is 264 g/mol. The molecule has 0 unspecified atom stereocenters. The minimum absolute atomic E-state index is 0.229. The smallest absolute Gasteiger partial charge is 0.225 e. The maximum atomic E-state index is 5.64. The van der Waals surface area contributed by atoms with E-state index in [-0.39, 0.29) is 5.95 Å². The van der Waals surface area contributed by atoms with Crippen LogP contribution in [0, 0.1) is 0 Å². The molecule has 96 valence electrons. The third kappa shape index (κ3) is 3.10. The van der Waals surface area contributed by atoms with Gasteiger partial charge in [0, 0.05) is 24.5 Å². The normalized spacial score (nSPS) is 10.3. The molecule has 2 rings (SSSR count). The van der Waals surface area contributed by atoms with Crippen LogP contribution in [-0.4, -0.2) is 30.7 Å². The fourth-order valence-corrected chi connectivity index (χ4v) is 2.28. The van der Waals surface area contributed by atoms with Gasteiger partial charge >= 0.3 is 0 Å². The first kappa shape index (κ1) is 12.6. The highest BCUT2D eigenvalue weighted by atomic mass is 32.1. The number of hydrogen-bond acceptors (Lipinski definition) is 6. The van der Waals surface area contributed by atoms with Crippen LogP contribution in [0.1, 0.15) is 4.88 Å². The molecule has 0 aliphatic rings. The molecule has 6 heteroatoms. The summed E-state index contributed by atoms with van der Waals surface area (Å²) in [5.41, 5.74) is 5.64. The summed E-state index contributed by atoms with van der Waals surface area (Å²) in [5, 5.41) is 2.08. The molecule has 2 heterocycles. The molecule has 2 N–H and O–H groups in total. The summed E-state index contributed by atoms with van der Waals surface area (Å²) in [5.74, 6) is 1.49. The van der Waals surface area contributed by atoms with E-state index in [0.29, 0.717) is 5.88 Å². The molecule has 18 heavy (non-hydrogen) atoms. The molecular weight excluding hydrogens is 248 g/mol. The van der Waals surface area contributed by atoms with Crippen LogP contribution in [0.5, 0.6) is 5.88 Å². The predicted molar refractivity (Wildman–Crippen MR) is 74.3 cm³/mol. The topological polar surface area (TPSA) is 64.3 Å². The van der Waals surface area contributed by atoms with E-state index in [1.54, 1.807) is 24.5 Å². The Kier molecular flexibility index (Phi) is 3.99. The number of anilines is 2. The Bertz CT molecular complexity index is 501. The van der Waals surface area contributed by atoms with E-state index in [1.165, 1.54) is 4.88 Å². The van der Waals surface area contributed by atoms with Gasteiger partial charge in [-0.05, 0) is 17.9 Å². The summed E-state index contributed by atoms with van der Waals surface area (Å²) in [6.45, 7) is 0.875. The van der Waals surface area contributed by atoms with E-state index in [2.05, 4.69) is 27.5 Å². The van der Waals surface area contributed by atoms with Gasteiger partial charge in [-0.1, -0.05) is 6.07 Å². The quantitative estimate of drug-likeness (QED) is 0.892. The van der Waals surface area contributed by atoms with Gasteiger partial charge in [0.05, 0.1) is 7.11 Å². The van der Waals surface area contributed by atoms with Crippen molar-refractivity contribution in [1.82, 2.24) is 9.97 Å². The summed E-state index contributed by atoms with van der Waals surface area (Å²) >= 11 is 1.76. The molecule has 0 aliphatic carbocycles. The lowest BCUT2D eigenvalue weighted by Gasteiger charge is -2.18. The van der Waals surface area contributed by atoms with Crippen molar-refractivity contribution in [3.63, 3.8) is 0 Å². The number of thiophene rings is 1. The van der Waals surface area contributed by atoms with Crippen LogP contribution in [0.15, 0.2) is 23.6 Å². The Morgan fingerprint density at radius 1 is 1.44 bits per heavy atom. The van der Waals surface area contributed by atoms with Crippen molar-refractivity contribution in [1.29, 1.82) is 0 Å². The molecule has 0 bridgehead atoms. The second kappa shape index (κ2) is 5.68.